The van der Waals surface area contributed by atoms with Crippen LogP contribution in [0.25, 0.3) is 0 Å². The average Bonchev–Trinajstić information content (AvgIpc) is 2.36. The summed E-state index contributed by atoms with van der Waals surface area (Å²) in [6.07, 6.45) is 0. The van der Waals surface area contributed by atoms with Crippen molar-refractivity contribution in [1.29, 1.82) is 0 Å². The van der Waals surface area contributed by atoms with Crippen LogP contribution in [0, 0.1) is 0 Å². The zero-order valence-electron chi connectivity index (χ0n) is 10.2. The lowest BCUT2D eigenvalue weighted by molar-refractivity contribution is -0.127. The van der Waals surface area contributed by atoms with Gasteiger partial charge in [0.25, 0.3) is 5.91 Å². The van der Waals surface area contributed by atoms with Crippen LogP contribution in [0.5, 0.6) is 5.75 Å². The van der Waals surface area contributed by atoms with Gasteiger partial charge in [-0.05, 0) is 19.1 Å². The Hall–Kier alpha value is -2.24. The normalized spacial score (nSPS) is 9.61. The molecule has 0 bridgehead atoms. The van der Waals surface area contributed by atoms with Crippen molar-refractivity contribution in [2.45, 2.75) is 6.92 Å². The van der Waals surface area contributed by atoms with Gasteiger partial charge in [0, 0.05) is 6.54 Å². The molecular formula is C12H17N3O3. The van der Waals surface area contributed by atoms with Gasteiger partial charge in [-0.15, -0.1) is 0 Å². The number of nitrogen functional groups attached to an aromatic ring is 1. The Balaban J connectivity index is 2.29. The van der Waals surface area contributed by atoms with E-state index in [1.807, 2.05) is 0 Å². The maximum Gasteiger partial charge on any atom is 0.258 e. The quantitative estimate of drug-likeness (QED) is 0.615. The molecule has 0 atom stereocenters. The monoisotopic (exact) mass is 251 g/mol. The Kier molecular flexibility index (Phi) is 5.50. The molecule has 0 aliphatic rings. The smallest absolute Gasteiger partial charge is 0.258 e. The first-order chi connectivity index (χ1) is 8.63. The average molecular weight is 251 g/mol. The molecule has 6 heteroatoms. The molecule has 4 N–H and O–H groups in total. The van der Waals surface area contributed by atoms with Crippen LogP contribution in [-0.2, 0) is 9.59 Å². The van der Waals surface area contributed by atoms with Gasteiger partial charge < -0.3 is 21.1 Å². The number of rotatable bonds is 6. The summed E-state index contributed by atoms with van der Waals surface area (Å²) in [4.78, 5) is 22.5. The second kappa shape index (κ2) is 7.16. The second-order valence-electron chi connectivity index (χ2n) is 3.56. The Morgan fingerprint density at radius 2 is 1.94 bits per heavy atom. The van der Waals surface area contributed by atoms with Crippen LogP contribution in [0.15, 0.2) is 24.3 Å². The van der Waals surface area contributed by atoms with Gasteiger partial charge in [0.15, 0.2) is 6.61 Å². The summed E-state index contributed by atoms with van der Waals surface area (Å²) in [5, 5.41) is 5.01. The number of hydrogen-bond donors (Lipinski definition) is 3. The third-order valence-corrected chi connectivity index (χ3v) is 2.10. The number of likely N-dealkylation sites (N-methyl/N-ethyl adjacent to an activating group) is 1. The van der Waals surface area contributed by atoms with E-state index in [1.54, 1.807) is 31.2 Å². The van der Waals surface area contributed by atoms with E-state index >= 15 is 0 Å². The highest BCUT2D eigenvalue weighted by atomic mass is 16.5. The molecular weight excluding hydrogens is 234 g/mol. The second-order valence-corrected chi connectivity index (χ2v) is 3.56. The minimum Gasteiger partial charge on any atom is -0.482 e. The number of hydrogen-bond acceptors (Lipinski definition) is 4. The van der Waals surface area contributed by atoms with E-state index in [1.165, 1.54) is 0 Å². The molecule has 1 aromatic carbocycles. The first-order valence-electron chi connectivity index (χ1n) is 5.64. The molecule has 0 aromatic heterocycles. The number of benzene rings is 1. The van der Waals surface area contributed by atoms with Crippen molar-refractivity contribution in [3.8, 4) is 5.75 Å². The van der Waals surface area contributed by atoms with Gasteiger partial charge in [0.1, 0.15) is 5.75 Å². The molecule has 1 rings (SSSR count). The molecule has 1 aromatic rings. The fourth-order valence-electron chi connectivity index (χ4n) is 1.24. The van der Waals surface area contributed by atoms with Gasteiger partial charge in [-0.25, -0.2) is 0 Å². The third-order valence-electron chi connectivity index (χ3n) is 2.10. The van der Waals surface area contributed by atoms with Crippen LogP contribution in [0.3, 0.4) is 0 Å². The van der Waals surface area contributed by atoms with Gasteiger partial charge >= 0.3 is 0 Å². The van der Waals surface area contributed by atoms with Gasteiger partial charge in [-0.1, -0.05) is 12.1 Å². The van der Waals surface area contributed by atoms with Crippen molar-refractivity contribution >= 4 is 17.5 Å². The highest BCUT2D eigenvalue weighted by Gasteiger charge is 2.06. The van der Waals surface area contributed by atoms with Crippen LogP contribution in [0.2, 0.25) is 0 Å². The molecule has 2 amide bonds. The topological polar surface area (TPSA) is 93.5 Å². The van der Waals surface area contributed by atoms with E-state index < -0.39 is 0 Å². The molecule has 0 fully saturated rings. The summed E-state index contributed by atoms with van der Waals surface area (Å²) in [6, 6.07) is 6.89. The molecule has 0 saturated heterocycles. The summed E-state index contributed by atoms with van der Waals surface area (Å²) >= 11 is 0. The fraction of sp³-hybridized carbons (Fsp3) is 0.333. The van der Waals surface area contributed by atoms with Crippen LogP contribution in [-0.4, -0.2) is 31.5 Å². The molecule has 6 nitrogen and oxygen atoms in total. The lowest BCUT2D eigenvalue weighted by atomic mass is 10.3. The van der Waals surface area contributed by atoms with Crippen LogP contribution in [0.1, 0.15) is 6.92 Å². The fourth-order valence-corrected chi connectivity index (χ4v) is 1.24. The van der Waals surface area contributed by atoms with Gasteiger partial charge in [-0.3, -0.25) is 9.59 Å². The van der Waals surface area contributed by atoms with Gasteiger partial charge in [-0.2, -0.15) is 0 Å². The molecule has 0 radical (unpaired) electrons. The van der Waals surface area contributed by atoms with Crippen molar-refractivity contribution in [3.05, 3.63) is 24.3 Å². The number of anilines is 1. The minimum atomic E-state index is -0.371. The lowest BCUT2D eigenvalue weighted by Crippen LogP contribution is -2.38. The van der Waals surface area contributed by atoms with E-state index in [0.29, 0.717) is 18.0 Å². The summed E-state index contributed by atoms with van der Waals surface area (Å²) in [5.74, 6) is -0.153. The maximum absolute atomic E-state index is 11.4. The summed E-state index contributed by atoms with van der Waals surface area (Å²) in [5.41, 5.74) is 6.11. The van der Waals surface area contributed by atoms with Crippen molar-refractivity contribution in [2.75, 3.05) is 25.4 Å². The maximum atomic E-state index is 11.4. The predicted molar refractivity (Wildman–Crippen MR) is 68.0 cm³/mol. The van der Waals surface area contributed by atoms with Gasteiger partial charge in [0.05, 0.1) is 12.2 Å². The standard InChI is InChI=1S/C12H17N3O3/c1-2-14-11(16)7-15-12(17)8-18-10-6-4-3-5-9(10)13/h3-6H,2,7-8,13H2,1H3,(H,14,16)(H,15,17). The van der Waals surface area contributed by atoms with E-state index in [-0.39, 0.29) is 25.0 Å². The highest BCUT2D eigenvalue weighted by molar-refractivity contribution is 5.85. The number of ether oxygens (including phenoxy) is 1. The molecule has 0 spiro atoms. The number of nitrogens with one attached hydrogen (secondary N) is 2. The number of para-hydroxylation sites is 2. The highest BCUT2D eigenvalue weighted by Crippen LogP contribution is 2.19. The summed E-state index contributed by atoms with van der Waals surface area (Å²) in [6.45, 7) is 2.11. The Morgan fingerprint density at radius 1 is 1.22 bits per heavy atom. The number of carbonyl (C=O) groups is 2. The van der Waals surface area contributed by atoms with Crippen molar-refractivity contribution in [3.63, 3.8) is 0 Å². The minimum absolute atomic E-state index is 0.0553. The first-order valence-corrected chi connectivity index (χ1v) is 5.64. The Bertz CT molecular complexity index is 421. The van der Waals surface area contributed by atoms with E-state index in [0.717, 1.165) is 0 Å². The predicted octanol–water partition coefficient (Wildman–Crippen LogP) is -0.100. The molecule has 18 heavy (non-hydrogen) atoms. The number of carbonyl (C=O) groups excluding carboxylic acids is 2. The zero-order chi connectivity index (χ0) is 13.4. The number of amides is 2. The molecule has 0 aliphatic heterocycles. The van der Waals surface area contributed by atoms with E-state index in [2.05, 4.69) is 10.6 Å². The van der Waals surface area contributed by atoms with Crippen LogP contribution >= 0.6 is 0 Å². The largest absolute Gasteiger partial charge is 0.482 e. The lowest BCUT2D eigenvalue weighted by Gasteiger charge is -2.08. The SMILES string of the molecule is CCNC(=O)CNC(=O)COc1ccccc1N. The van der Waals surface area contributed by atoms with E-state index in [4.69, 9.17) is 10.5 Å². The van der Waals surface area contributed by atoms with E-state index in [9.17, 15) is 9.59 Å². The van der Waals surface area contributed by atoms with Crippen LogP contribution < -0.4 is 21.1 Å². The Morgan fingerprint density at radius 3 is 2.61 bits per heavy atom. The zero-order valence-corrected chi connectivity index (χ0v) is 10.2. The molecule has 0 saturated carbocycles. The Labute approximate surface area is 105 Å². The summed E-state index contributed by atoms with van der Waals surface area (Å²) < 4.78 is 5.22. The summed E-state index contributed by atoms with van der Waals surface area (Å²) in [7, 11) is 0. The van der Waals surface area contributed by atoms with Crippen molar-refractivity contribution in [2.24, 2.45) is 0 Å². The third kappa shape index (κ3) is 4.73. The molecule has 0 heterocycles. The number of nitrogens with two attached hydrogens (primary N) is 1. The van der Waals surface area contributed by atoms with Crippen LogP contribution in [0.4, 0.5) is 5.69 Å². The first kappa shape index (κ1) is 13.8. The van der Waals surface area contributed by atoms with Crippen molar-refractivity contribution < 1.29 is 14.3 Å². The molecule has 0 unspecified atom stereocenters. The molecule has 98 valence electrons. The van der Waals surface area contributed by atoms with Gasteiger partial charge in [0.2, 0.25) is 5.91 Å². The van der Waals surface area contributed by atoms with Crippen molar-refractivity contribution in [1.82, 2.24) is 10.6 Å². The molecule has 0 aliphatic carbocycles.